The molecule has 3 nitrogen and oxygen atoms in total. The van der Waals surface area contributed by atoms with Crippen LogP contribution in [0.15, 0.2) is 30.3 Å². The number of hydrogen-bond donors (Lipinski definition) is 2. The number of methoxy groups -OCH3 is 1. The first-order valence-corrected chi connectivity index (χ1v) is 6.67. The smallest absolute Gasteiger partial charge is 0.122 e. The van der Waals surface area contributed by atoms with Crippen molar-refractivity contribution in [3.63, 3.8) is 0 Å². The minimum atomic E-state index is 0.142. The number of hydrogen-bond acceptors (Lipinski definition) is 3. The van der Waals surface area contributed by atoms with Gasteiger partial charge >= 0.3 is 0 Å². The van der Waals surface area contributed by atoms with Crippen molar-refractivity contribution in [1.29, 1.82) is 0 Å². The van der Waals surface area contributed by atoms with Gasteiger partial charge in [-0.1, -0.05) is 18.2 Å². The number of ether oxygens (including phenoxy) is 1. The van der Waals surface area contributed by atoms with Crippen molar-refractivity contribution in [2.45, 2.75) is 26.7 Å². The first-order chi connectivity index (χ1) is 9.54. The Balaban J connectivity index is 2.27. The molecule has 0 amide bonds. The van der Waals surface area contributed by atoms with Gasteiger partial charge in [-0.25, -0.2) is 0 Å². The molecule has 0 unspecified atom stereocenters. The summed E-state index contributed by atoms with van der Waals surface area (Å²) in [5.74, 6) is 1.15. The van der Waals surface area contributed by atoms with E-state index >= 15 is 0 Å². The highest BCUT2D eigenvalue weighted by Crippen LogP contribution is 2.32. The Morgan fingerprint density at radius 1 is 0.950 bits per heavy atom. The molecule has 0 saturated carbocycles. The summed E-state index contributed by atoms with van der Waals surface area (Å²) in [6, 6.07) is 9.30. The van der Waals surface area contributed by atoms with Gasteiger partial charge in [0.2, 0.25) is 0 Å². The van der Waals surface area contributed by atoms with Gasteiger partial charge in [0.1, 0.15) is 17.2 Å². The molecular weight excluding hydrogens is 252 g/mol. The molecule has 0 aliphatic heterocycles. The molecule has 0 heterocycles. The van der Waals surface area contributed by atoms with Crippen molar-refractivity contribution in [3.05, 3.63) is 52.6 Å². The summed E-state index contributed by atoms with van der Waals surface area (Å²) in [6.45, 7) is 3.75. The molecule has 0 radical (unpaired) electrons. The third-order valence-corrected chi connectivity index (χ3v) is 3.78. The highest BCUT2D eigenvalue weighted by Gasteiger charge is 2.12. The van der Waals surface area contributed by atoms with Gasteiger partial charge in [0.25, 0.3) is 0 Å². The van der Waals surface area contributed by atoms with Gasteiger partial charge in [-0.05, 0) is 55.0 Å². The van der Waals surface area contributed by atoms with E-state index in [1.807, 2.05) is 38.1 Å². The van der Waals surface area contributed by atoms with E-state index in [9.17, 15) is 10.2 Å². The van der Waals surface area contributed by atoms with Crippen LogP contribution < -0.4 is 4.74 Å². The Kier molecular flexibility index (Phi) is 4.18. The van der Waals surface area contributed by atoms with E-state index in [4.69, 9.17) is 4.74 Å². The third kappa shape index (κ3) is 2.72. The van der Waals surface area contributed by atoms with E-state index in [1.54, 1.807) is 7.11 Å². The second-order valence-corrected chi connectivity index (χ2v) is 4.96. The molecule has 2 rings (SSSR count). The van der Waals surface area contributed by atoms with Crippen LogP contribution in [0.2, 0.25) is 0 Å². The zero-order chi connectivity index (χ0) is 14.7. The van der Waals surface area contributed by atoms with Crippen LogP contribution in [-0.2, 0) is 12.8 Å². The van der Waals surface area contributed by atoms with Crippen molar-refractivity contribution < 1.29 is 14.9 Å². The molecular formula is C17H20O3. The number of phenols is 2. The van der Waals surface area contributed by atoms with Crippen LogP contribution in [0.25, 0.3) is 0 Å². The van der Waals surface area contributed by atoms with Crippen molar-refractivity contribution in [3.8, 4) is 17.2 Å². The summed E-state index contributed by atoms with van der Waals surface area (Å²) in [7, 11) is 1.66. The lowest BCUT2D eigenvalue weighted by Gasteiger charge is -2.14. The first-order valence-electron chi connectivity index (χ1n) is 6.67. The molecule has 0 aromatic heterocycles. The monoisotopic (exact) mass is 272 g/mol. The lowest BCUT2D eigenvalue weighted by atomic mass is 9.95. The zero-order valence-electron chi connectivity index (χ0n) is 12.1. The van der Waals surface area contributed by atoms with Crippen molar-refractivity contribution >= 4 is 0 Å². The topological polar surface area (TPSA) is 49.7 Å². The molecule has 0 spiro atoms. The van der Waals surface area contributed by atoms with Crippen LogP contribution in [0.4, 0.5) is 0 Å². The molecule has 0 aliphatic carbocycles. The van der Waals surface area contributed by atoms with Crippen molar-refractivity contribution in [1.82, 2.24) is 0 Å². The van der Waals surface area contributed by atoms with Crippen LogP contribution in [-0.4, -0.2) is 17.3 Å². The fraction of sp³-hybridized carbons (Fsp3) is 0.294. The Bertz CT molecular complexity index is 592. The van der Waals surface area contributed by atoms with Crippen LogP contribution in [0.1, 0.15) is 22.3 Å². The standard InChI is InChI=1S/C17H20O3/c1-11-14(12(2)16(19)10-15(11)18)9-8-13-6-4-5-7-17(13)20-3/h4-7,10,18-19H,8-9H2,1-3H3. The summed E-state index contributed by atoms with van der Waals surface area (Å²) in [4.78, 5) is 0. The Morgan fingerprint density at radius 2 is 1.55 bits per heavy atom. The normalized spacial score (nSPS) is 10.6. The van der Waals surface area contributed by atoms with Crippen LogP contribution in [0.5, 0.6) is 17.2 Å². The molecule has 0 saturated heterocycles. The van der Waals surface area contributed by atoms with Gasteiger partial charge in [-0.2, -0.15) is 0 Å². The maximum Gasteiger partial charge on any atom is 0.122 e. The van der Waals surface area contributed by atoms with Crippen molar-refractivity contribution in [2.24, 2.45) is 0 Å². The number of phenolic OH excluding ortho intramolecular Hbond substituents is 2. The second-order valence-electron chi connectivity index (χ2n) is 4.96. The van der Waals surface area contributed by atoms with Crippen LogP contribution in [0, 0.1) is 13.8 Å². The molecule has 2 N–H and O–H groups in total. The summed E-state index contributed by atoms with van der Waals surface area (Å²) < 4.78 is 5.34. The SMILES string of the molecule is COc1ccccc1CCc1c(C)c(O)cc(O)c1C. The van der Waals surface area contributed by atoms with E-state index < -0.39 is 0 Å². The molecule has 2 aromatic rings. The van der Waals surface area contributed by atoms with Crippen LogP contribution >= 0.6 is 0 Å². The van der Waals surface area contributed by atoms with E-state index in [1.165, 1.54) is 6.07 Å². The lowest BCUT2D eigenvalue weighted by Crippen LogP contribution is -2.00. The summed E-state index contributed by atoms with van der Waals surface area (Å²) in [5, 5.41) is 19.6. The molecule has 0 fully saturated rings. The number of benzene rings is 2. The van der Waals surface area contributed by atoms with E-state index in [2.05, 4.69) is 0 Å². The average Bonchev–Trinajstić information content (AvgIpc) is 2.45. The number of rotatable bonds is 4. The van der Waals surface area contributed by atoms with Gasteiger partial charge in [-0.15, -0.1) is 0 Å². The summed E-state index contributed by atoms with van der Waals surface area (Å²) >= 11 is 0. The van der Waals surface area contributed by atoms with E-state index in [0.717, 1.165) is 40.8 Å². The molecule has 2 aromatic carbocycles. The Hall–Kier alpha value is -2.16. The fourth-order valence-electron chi connectivity index (χ4n) is 2.48. The number of aryl methyl sites for hydroxylation is 1. The minimum absolute atomic E-state index is 0.142. The molecule has 3 heteroatoms. The van der Waals surface area contributed by atoms with E-state index in [0.29, 0.717) is 0 Å². The second kappa shape index (κ2) is 5.87. The Morgan fingerprint density at radius 3 is 2.15 bits per heavy atom. The third-order valence-electron chi connectivity index (χ3n) is 3.78. The Labute approximate surface area is 119 Å². The average molecular weight is 272 g/mol. The quantitative estimate of drug-likeness (QED) is 0.895. The minimum Gasteiger partial charge on any atom is -0.508 e. The highest BCUT2D eigenvalue weighted by molar-refractivity contribution is 5.51. The fourth-order valence-corrected chi connectivity index (χ4v) is 2.48. The number of aromatic hydroxyl groups is 2. The van der Waals surface area contributed by atoms with Gasteiger partial charge in [-0.3, -0.25) is 0 Å². The molecule has 0 aliphatic rings. The van der Waals surface area contributed by atoms with E-state index in [-0.39, 0.29) is 11.5 Å². The maximum absolute atomic E-state index is 9.82. The van der Waals surface area contributed by atoms with Gasteiger partial charge in [0.05, 0.1) is 7.11 Å². The first kappa shape index (κ1) is 14.3. The number of para-hydroxylation sites is 1. The molecule has 0 bridgehead atoms. The molecule has 106 valence electrons. The summed E-state index contributed by atoms with van der Waals surface area (Å²) in [5.41, 5.74) is 3.77. The van der Waals surface area contributed by atoms with Crippen LogP contribution in [0.3, 0.4) is 0 Å². The summed E-state index contributed by atoms with van der Waals surface area (Å²) in [6.07, 6.45) is 1.55. The molecule has 0 atom stereocenters. The molecule has 20 heavy (non-hydrogen) atoms. The van der Waals surface area contributed by atoms with Crippen molar-refractivity contribution in [2.75, 3.05) is 7.11 Å². The zero-order valence-corrected chi connectivity index (χ0v) is 12.1. The largest absolute Gasteiger partial charge is 0.508 e. The lowest BCUT2D eigenvalue weighted by molar-refractivity contribution is 0.409. The van der Waals surface area contributed by atoms with Gasteiger partial charge < -0.3 is 14.9 Å². The predicted molar refractivity (Wildman–Crippen MR) is 79.6 cm³/mol. The van der Waals surface area contributed by atoms with Gasteiger partial charge in [0, 0.05) is 6.07 Å². The van der Waals surface area contributed by atoms with Gasteiger partial charge in [0.15, 0.2) is 0 Å². The highest BCUT2D eigenvalue weighted by atomic mass is 16.5. The predicted octanol–water partition coefficient (Wildman–Crippen LogP) is 3.51. The maximum atomic E-state index is 9.82.